The Morgan fingerprint density at radius 2 is 1.77 bits per heavy atom. The van der Waals surface area contributed by atoms with E-state index in [1.54, 1.807) is 18.2 Å². The van der Waals surface area contributed by atoms with Crippen LogP contribution in [0.4, 0.5) is 13.2 Å². The Labute approximate surface area is 73.8 Å². The van der Waals surface area contributed by atoms with E-state index in [1.165, 1.54) is 12.1 Å². The van der Waals surface area contributed by atoms with E-state index in [0.717, 1.165) is 0 Å². The van der Waals surface area contributed by atoms with Gasteiger partial charge in [0.15, 0.2) is 0 Å². The minimum Gasteiger partial charge on any atom is -0.359 e. The molecule has 1 N–H and O–H groups in total. The summed E-state index contributed by atoms with van der Waals surface area (Å²) in [5.74, 6) is -3.83. The second-order valence-electron chi connectivity index (χ2n) is 2.57. The maximum atomic E-state index is 12.6. The lowest BCUT2D eigenvalue weighted by Gasteiger charge is -2.15. The fourth-order valence-electron chi connectivity index (χ4n) is 0.840. The van der Waals surface area contributed by atoms with Gasteiger partial charge in [-0.2, -0.15) is 8.78 Å². The zero-order chi connectivity index (χ0) is 9.90. The van der Waals surface area contributed by atoms with E-state index in [4.69, 9.17) is 5.11 Å². The first kappa shape index (κ1) is 10.1. The van der Waals surface area contributed by atoms with Gasteiger partial charge in [-0.1, -0.05) is 30.3 Å². The lowest BCUT2D eigenvalue weighted by Crippen LogP contribution is -2.30. The standard InChI is InChI=1S/C9H8F3O/c10-8(13)9(11,12)6-7-4-2-1-3-5-7/h1-6,8,13H. The van der Waals surface area contributed by atoms with E-state index in [1.807, 2.05) is 0 Å². The summed E-state index contributed by atoms with van der Waals surface area (Å²) in [5, 5.41) is 8.09. The number of halogens is 3. The molecule has 0 aliphatic heterocycles. The molecule has 1 radical (unpaired) electrons. The van der Waals surface area contributed by atoms with Crippen LogP contribution in [0.3, 0.4) is 0 Å². The van der Waals surface area contributed by atoms with Crippen LogP contribution in [-0.2, 0) is 0 Å². The summed E-state index contributed by atoms with van der Waals surface area (Å²) in [6.45, 7) is 0. The Bertz CT molecular complexity index is 259. The zero-order valence-electron chi connectivity index (χ0n) is 6.62. The van der Waals surface area contributed by atoms with Crippen molar-refractivity contribution in [1.82, 2.24) is 0 Å². The largest absolute Gasteiger partial charge is 0.359 e. The summed E-state index contributed by atoms with van der Waals surface area (Å²) >= 11 is 0. The predicted molar refractivity (Wildman–Crippen MR) is 41.9 cm³/mol. The number of hydrogen-bond acceptors (Lipinski definition) is 1. The molecular formula is C9H8F3O. The van der Waals surface area contributed by atoms with E-state index in [9.17, 15) is 13.2 Å². The van der Waals surface area contributed by atoms with Crippen molar-refractivity contribution in [3.8, 4) is 0 Å². The van der Waals surface area contributed by atoms with Gasteiger partial charge in [0.2, 0.25) is 0 Å². The average molecular weight is 189 g/mol. The highest BCUT2D eigenvalue weighted by atomic mass is 19.3. The highest BCUT2D eigenvalue weighted by Crippen LogP contribution is 2.26. The molecule has 13 heavy (non-hydrogen) atoms. The molecule has 0 aliphatic rings. The van der Waals surface area contributed by atoms with Crippen LogP contribution in [0.1, 0.15) is 5.56 Å². The van der Waals surface area contributed by atoms with Gasteiger partial charge in [-0.3, -0.25) is 0 Å². The molecule has 1 atom stereocenters. The second kappa shape index (κ2) is 3.79. The van der Waals surface area contributed by atoms with Crippen molar-refractivity contribution in [2.45, 2.75) is 12.3 Å². The number of aliphatic hydroxyl groups excluding tert-OH is 1. The van der Waals surface area contributed by atoms with Crippen LogP contribution >= 0.6 is 0 Å². The first-order valence-corrected chi connectivity index (χ1v) is 3.63. The summed E-state index contributed by atoms with van der Waals surface area (Å²) in [5.41, 5.74) is 0.171. The molecule has 0 bridgehead atoms. The normalized spacial score (nSPS) is 14.2. The topological polar surface area (TPSA) is 20.2 Å². The zero-order valence-corrected chi connectivity index (χ0v) is 6.62. The van der Waals surface area contributed by atoms with E-state index >= 15 is 0 Å². The Kier molecular flexibility index (Phi) is 2.93. The van der Waals surface area contributed by atoms with Gasteiger partial charge in [-0.25, -0.2) is 4.39 Å². The Hall–Kier alpha value is -1.03. The van der Waals surface area contributed by atoms with Gasteiger partial charge in [0, 0.05) is 0 Å². The summed E-state index contributed by atoms with van der Waals surface area (Å²) in [4.78, 5) is 0. The number of aliphatic hydroxyl groups is 1. The van der Waals surface area contributed by atoms with Gasteiger partial charge < -0.3 is 5.11 Å². The SMILES string of the molecule is OC(F)C(F)(F)[CH]c1ccccc1. The molecule has 0 aliphatic carbocycles. The molecule has 0 aromatic heterocycles. The number of hydrogen-bond donors (Lipinski definition) is 1. The molecule has 0 spiro atoms. The Morgan fingerprint density at radius 1 is 1.23 bits per heavy atom. The Balaban J connectivity index is 2.69. The second-order valence-corrected chi connectivity index (χ2v) is 2.57. The van der Waals surface area contributed by atoms with Gasteiger partial charge in [0.25, 0.3) is 6.36 Å². The summed E-state index contributed by atoms with van der Waals surface area (Å²) < 4.78 is 37.0. The lowest BCUT2D eigenvalue weighted by molar-refractivity contribution is -0.144. The smallest absolute Gasteiger partial charge is 0.310 e. The van der Waals surface area contributed by atoms with Crippen LogP contribution in [0.25, 0.3) is 0 Å². The van der Waals surface area contributed by atoms with Gasteiger partial charge in [0.1, 0.15) is 0 Å². The number of alkyl halides is 3. The molecule has 0 saturated heterocycles. The molecule has 1 aromatic carbocycles. The quantitative estimate of drug-likeness (QED) is 0.772. The average Bonchev–Trinajstić information content (AvgIpc) is 2.05. The van der Waals surface area contributed by atoms with Crippen LogP contribution < -0.4 is 0 Å². The fraction of sp³-hybridized carbons (Fsp3) is 0.222. The van der Waals surface area contributed by atoms with Crippen molar-refractivity contribution in [3.63, 3.8) is 0 Å². The maximum absolute atomic E-state index is 12.6. The molecule has 1 unspecified atom stereocenters. The van der Waals surface area contributed by atoms with Gasteiger partial charge in [0.05, 0.1) is 6.42 Å². The van der Waals surface area contributed by atoms with Crippen molar-refractivity contribution in [2.24, 2.45) is 0 Å². The van der Waals surface area contributed by atoms with Crippen LogP contribution in [0.15, 0.2) is 30.3 Å². The molecule has 71 valence electrons. The lowest BCUT2D eigenvalue weighted by atomic mass is 10.1. The van der Waals surface area contributed by atoms with E-state index in [-0.39, 0.29) is 5.56 Å². The van der Waals surface area contributed by atoms with Crippen molar-refractivity contribution in [3.05, 3.63) is 42.3 Å². The van der Waals surface area contributed by atoms with Crippen LogP contribution in [-0.4, -0.2) is 17.4 Å². The van der Waals surface area contributed by atoms with Crippen molar-refractivity contribution in [2.75, 3.05) is 0 Å². The Morgan fingerprint density at radius 3 is 2.23 bits per heavy atom. The molecule has 1 aromatic rings. The van der Waals surface area contributed by atoms with Crippen LogP contribution in [0.2, 0.25) is 0 Å². The maximum Gasteiger partial charge on any atom is 0.310 e. The number of benzene rings is 1. The molecular weight excluding hydrogens is 181 g/mol. The fourth-order valence-corrected chi connectivity index (χ4v) is 0.840. The molecule has 0 saturated carbocycles. The molecule has 0 heterocycles. The summed E-state index contributed by atoms with van der Waals surface area (Å²) in [6.07, 6.45) is -2.77. The molecule has 1 nitrogen and oxygen atoms in total. The van der Waals surface area contributed by atoms with Crippen LogP contribution in [0.5, 0.6) is 0 Å². The van der Waals surface area contributed by atoms with Crippen LogP contribution in [0, 0.1) is 6.42 Å². The third kappa shape index (κ3) is 2.73. The first-order valence-electron chi connectivity index (χ1n) is 3.63. The highest BCUT2D eigenvalue weighted by molar-refractivity contribution is 5.25. The van der Waals surface area contributed by atoms with E-state index in [2.05, 4.69) is 0 Å². The van der Waals surface area contributed by atoms with Gasteiger partial charge in [-0.05, 0) is 5.56 Å². The van der Waals surface area contributed by atoms with E-state index < -0.39 is 12.3 Å². The summed E-state index contributed by atoms with van der Waals surface area (Å²) in [7, 11) is 0. The highest BCUT2D eigenvalue weighted by Gasteiger charge is 2.39. The summed E-state index contributed by atoms with van der Waals surface area (Å²) in [6, 6.07) is 7.55. The molecule has 4 heteroatoms. The minimum atomic E-state index is -3.83. The van der Waals surface area contributed by atoms with E-state index in [0.29, 0.717) is 6.42 Å². The van der Waals surface area contributed by atoms with Crippen molar-refractivity contribution < 1.29 is 18.3 Å². The first-order chi connectivity index (χ1) is 6.02. The van der Waals surface area contributed by atoms with Gasteiger partial charge >= 0.3 is 5.92 Å². The van der Waals surface area contributed by atoms with Crippen molar-refractivity contribution in [1.29, 1.82) is 0 Å². The van der Waals surface area contributed by atoms with Gasteiger partial charge in [-0.15, -0.1) is 0 Å². The third-order valence-electron chi connectivity index (χ3n) is 1.48. The minimum absolute atomic E-state index is 0.171. The molecule has 1 rings (SSSR count). The monoisotopic (exact) mass is 189 g/mol. The third-order valence-corrected chi connectivity index (χ3v) is 1.48. The van der Waals surface area contributed by atoms with Crippen molar-refractivity contribution >= 4 is 0 Å². The molecule has 0 fully saturated rings. The molecule has 0 amide bonds. The number of rotatable bonds is 3. The predicted octanol–water partition coefficient (Wildman–Crippen LogP) is 2.16.